The SMILES string of the molecule is CCN(CC)C1CCN(C(=NC)NCC2(c3cccc(F)c3)CC2)C1.I. The van der Waals surface area contributed by atoms with Crippen LogP contribution in [0.3, 0.4) is 0 Å². The molecular weight excluding hydrogens is 442 g/mol. The van der Waals surface area contributed by atoms with E-state index in [0.29, 0.717) is 6.04 Å². The average Bonchev–Trinajstić information content (AvgIpc) is 3.27. The van der Waals surface area contributed by atoms with Gasteiger partial charge in [0, 0.05) is 38.1 Å². The van der Waals surface area contributed by atoms with Crippen molar-refractivity contribution in [1.29, 1.82) is 0 Å². The lowest BCUT2D eigenvalue weighted by atomic mass is 9.96. The standard InChI is InChI=1S/C20H31FN4.HI/c1-4-24(5-2)18-9-12-25(14-18)19(22-3)23-15-20(10-11-20)16-7-6-8-17(21)13-16;/h6-8,13,18H,4-5,9-12,14-15H2,1-3H3,(H,22,23);1H. The number of nitrogens with one attached hydrogen (secondary N) is 1. The van der Waals surface area contributed by atoms with Gasteiger partial charge in [0.2, 0.25) is 0 Å². The average molecular weight is 474 g/mol. The second kappa shape index (κ2) is 9.35. The smallest absolute Gasteiger partial charge is 0.193 e. The fraction of sp³-hybridized carbons (Fsp3) is 0.650. The number of guanidine groups is 1. The molecule has 146 valence electrons. The van der Waals surface area contributed by atoms with E-state index in [1.165, 1.54) is 12.5 Å². The quantitative estimate of drug-likeness (QED) is 0.389. The summed E-state index contributed by atoms with van der Waals surface area (Å²) < 4.78 is 13.6. The van der Waals surface area contributed by atoms with Crippen LogP contribution in [0.4, 0.5) is 4.39 Å². The molecule has 0 aromatic heterocycles. The summed E-state index contributed by atoms with van der Waals surface area (Å²) >= 11 is 0. The summed E-state index contributed by atoms with van der Waals surface area (Å²) in [5, 5.41) is 3.56. The Morgan fingerprint density at radius 1 is 1.35 bits per heavy atom. The highest BCUT2D eigenvalue weighted by atomic mass is 127. The van der Waals surface area contributed by atoms with Crippen LogP contribution >= 0.6 is 24.0 Å². The molecule has 0 spiro atoms. The van der Waals surface area contributed by atoms with Gasteiger partial charge in [0.15, 0.2) is 5.96 Å². The van der Waals surface area contributed by atoms with E-state index in [1.54, 1.807) is 6.07 Å². The molecule has 4 nitrogen and oxygen atoms in total. The predicted molar refractivity (Wildman–Crippen MR) is 117 cm³/mol. The first-order chi connectivity index (χ1) is 12.1. The minimum atomic E-state index is -0.144. The van der Waals surface area contributed by atoms with Crippen LogP contribution in [0.2, 0.25) is 0 Å². The lowest BCUT2D eigenvalue weighted by molar-refractivity contribution is 0.223. The molecule has 0 radical (unpaired) electrons. The van der Waals surface area contributed by atoms with Crippen molar-refractivity contribution in [3.05, 3.63) is 35.6 Å². The van der Waals surface area contributed by atoms with Crippen molar-refractivity contribution < 1.29 is 4.39 Å². The maximum absolute atomic E-state index is 13.6. The molecule has 2 aliphatic rings. The van der Waals surface area contributed by atoms with Crippen molar-refractivity contribution in [2.24, 2.45) is 4.99 Å². The minimum Gasteiger partial charge on any atom is -0.355 e. The third kappa shape index (κ3) is 4.68. The molecule has 1 aromatic carbocycles. The highest BCUT2D eigenvalue weighted by Gasteiger charge is 2.44. The van der Waals surface area contributed by atoms with E-state index in [4.69, 9.17) is 0 Å². The zero-order valence-corrected chi connectivity index (χ0v) is 18.5. The Kier molecular flexibility index (Phi) is 7.70. The minimum absolute atomic E-state index is 0. The van der Waals surface area contributed by atoms with Crippen LogP contribution in [0, 0.1) is 5.82 Å². The van der Waals surface area contributed by atoms with Crippen LogP contribution in [0.5, 0.6) is 0 Å². The number of halogens is 2. The lowest BCUT2D eigenvalue weighted by Crippen LogP contribution is -2.45. The molecule has 1 saturated carbocycles. The molecule has 1 N–H and O–H groups in total. The Balaban J connectivity index is 0.00000243. The van der Waals surface area contributed by atoms with Gasteiger partial charge in [-0.25, -0.2) is 4.39 Å². The molecule has 3 rings (SSSR count). The van der Waals surface area contributed by atoms with Crippen LogP contribution in [-0.2, 0) is 5.41 Å². The summed E-state index contributed by atoms with van der Waals surface area (Å²) in [5.74, 6) is 0.840. The number of benzene rings is 1. The predicted octanol–water partition coefficient (Wildman–Crippen LogP) is 3.47. The Labute approximate surface area is 174 Å². The van der Waals surface area contributed by atoms with Gasteiger partial charge in [0.1, 0.15) is 5.82 Å². The highest BCUT2D eigenvalue weighted by molar-refractivity contribution is 14.0. The number of likely N-dealkylation sites (tertiary alicyclic amines) is 1. The van der Waals surface area contributed by atoms with Gasteiger partial charge < -0.3 is 10.2 Å². The summed E-state index contributed by atoms with van der Waals surface area (Å²) in [5.41, 5.74) is 1.19. The number of nitrogens with zero attached hydrogens (tertiary/aromatic N) is 3. The molecule has 1 unspecified atom stereocenters. The maximum atomic E-state index is 13.6. The van der Waals surface area contributed by atoms with Gasteiger partial charge in [-0.05, 0) is 50.0 Å². The van der Waals surface area contributed by atoms with Gasteiger partial charge in [0.05, 0.1) is 0 Å². The fourth-order valence-corrected chi connectivity index (χ4v) is 4.09. The molecule has 2 fully saturated rings. The number of rotatable bonds is 6. The van der Waals surface area contributed by atoms with Gasteiger partial charge >= 0.3 is 0 Å². The Bertz CT molecular complexity index is 614. The molecule has 0 amide bonds. The first-order valence-electron chi connectivity index (χ1n) is 9.57. The molecular formula is C20H32FIN4. The molecule has 1 saturated heterocycles. The normalized spacial score (nSPS) is 21.7. The molecule has 1 heterocycles. The van der Waals surface area contributed by atoms with Crippen LogP contribution < -0.4 is 5.32 Å². The highest BCUT2D eigenvalue weighted by Crippen LogP contribution is 2.47. The van der Waals surface area contributed by atoms with Gasteiger partial charge in [0.25, 0.3) is 0 Å². The van der Waals surface area contributed by atoms with Crippen LogP contribution in [0.15, 0.2) is 29.3 Å². The number of hydrogen-bond donors (Lipinski definition) is 1. The monoisotopic (exact) mass is 474 g/mol. The van der Waals surface area contributed by atoms with Crippen molar-refractivity contribution in [1.82, 2.24) is 15.1 Å². The second-order valence-corrected chi connectivity index (χ2v) is 7.30. The van der Waals surface area contributed by atoms with E-state index in [-0.39, 0.29) is 35.2 Å². The molecule has 6 heteroatoms. The molecule has 1 aromatic rings. The zero-order valence-electron chi connectivity index (χ0n) is 16.2. The van der Waals surface area contributed by atoms with Crippen LogP contribution in [0.1, 0.15) is 38.7 Å². The molecule has 1 aliphatic heterocycles. The van der Waals surface area contributed by atoms with Gasteiger partial charge in [-0.2, -0.15) is 0 Å². The van der Waals surface area contributed by atoms with Gasteiger partial charge in [-0.15, -0.1) is 24.0 Å². The summed E-state index contributed by atoms with van der Waals surface area (Å²) in [6, 6.07) is 7.68. The summed E-state index contributed by atoms with van der Waals surface area (Å²) in [6.07, 6.45) is 3.42. The van der Waals surface area contributed by atoms with Crippen LogP contribution in [0.25, 0.3) is 0 Å². The van der Waals surface area contributed by atoms with Gasteiger partial charge in [-0.3, -0.25) is 9.89 Å². The largest absolute Gasteiger partial charge is 0.355 e. The Hall–Kier alpha value is -0.890. The van der Waals surface area contributed by atoms with Crippen molar-refractivity contribution in [3.63, 3.8) is 0 Å². The van der Waals surface area contributed by atoms with Crippen molar-refractivity contribution in [3.8, 4) is 0 Å². The lowest BCUT2D eigenvalue weighted by Gasteiger charge is -2.28. The second-order valence-electron chi connectivity index (χ2n) is 7.30. The zero-order chi connectivity index (χ0) is 17.9. The topological polar surface area (TPSA) is 30.9 Å². The van der Waals surface area contributed by atoms with E-state index >= 15 is 0 Å². The number of likely N-dealkylation sites (N-methyl/N-ethyl adjacent to an activating group) is 1. The first-order valence-corrected chi connectivity index (χ1v) is 9.57. The van der Waals surface area contributed by atoms with E-state index < -0.39 is 0 Å². The molecule has 0 bridgehead atoms. The Morgan fingerprint density at radius 2 is 2.08 bits per heavy atom. The van der Waals surface area contributed by atoms with Crippen molar-refractivity contribution >= 4 is 29.9 Å². The molecule has 26 heavy (non-hydrogen) atoms. The third-order valence-corrected chi connectivity index (χ3v) is 5.88. The van der Waals surface area contributed by atoms with Crippen LogP contribution in [-0.4, -0.2) is 61.6 Å². The first kappa shape index (κ1) is 21.4. The summed E-state index contributed by atoms with van der Waals surface area (Å²) in [4.78, 5) is 9.39. The van der Waals surface area contributed by atoms with E-state index in [0.717, 1.165) is 57.1 Å². The summed E-state index contributed by atoms with van der Waals surface area (Å²) in [6.45, 7) is 9.58. The van der Waals surface area contributed by atoms with Gasteiger partial charge in [-0.1, -0.05) is 26.0 Å². The Morgan fingerprint density at radius 3 is 2.65 bits per heavy atom. The molecule has 1 atom stereocenters. The number of aliphatic imine (C=N–C) groups is 1. The number of hydrogen-bond acceptors (Lipinski definition) is 2. The van der Waals surface area contributed by atoms with Crippen molar-refractivity contribution in [2.75, 3.05) is 39.8 Å². The molecule has 1 aliphatic carbocycles. The fourth-order valence-electron chi connectivity index (χ4n) is 4.09. The summed E-state index contributed by atoms with van der Waals surface area (Å²) in [7, 11) is 1.86. The van der Waals surface area contributed by atoms with E-state index in [1.807, 2.05) is 19.2 Å². The maximum Gasteiger partial charge on any atom is 0.193 e. The third-order valence-electron chi connectivity index (χ3n) is 5.88. The van der Waals surface area contributed by atoms with E-state index in [2.05, 4.69) is 34.0 Å². The van der Waals surface area contributed by atoms with E-state index in [9.17, 15) is 4.39 Å². The van der Waals surface area contributed by atoms with Crippen molar-refractivity contribution in [2.45, 2.75) is 44.6 Å².